The first-order chi connectivity index (χ1) is 25.7. The highest BCUT2D eigenvalue weighted by molar-refractivity contribution is 5.90. The second kappa shape index (κ2) is 19.7. The molecule has 1 aliphatic carbocycles. The number of carbonyl (C=O) groups is 5. The summed E-state index contributed by atoms with van der Waals surface area (Å²) >= 11 is 0. The Hall–Kier alpha value is -4.53. The number of hydrogen-bond donors (Lipinski definition) is 5. The van der Waals surface area contributed by atoms with Crippen LogP contribution < -0.4 is 10.6 Å². The van der Waals surface area contributed by atoms with Crippen molar-refractivity contribution in [3.63, 3.8) is 0 Å². The van der Waals surface area contributed by atoms with E-state index < -0.39 is 66.8 Å². The number of fused-ring (bicyclic) bond motifs is 3. The van der Waals surface area contributed by atoms with E-state index in [1.54, 1.807) is 6.92 Å². The number of esters is 1. The number of carboxylic acids is 1. The van der Waals surface area contributed by atoms with E-state index in [9.17, 15) is 39.3 Å². The Bertz CT molecular complexity index is 1570. The lowest BCUT2D eigenvalue weighted by molar-refractivity contribution is -0.156. The van der Waals surface area contributed by atoms with Gasteiger partial charge in [-0.15, -0.1) is 0 Å². The molecule has 2 aromatic carbocycles. The quantitative estimate of drug-likeness (QED) is 0.104. The zero-order valence-electron chi connectivity index (χ0n) is 31.9. The van der Waals surface area contributed by atoms with Gasteiger partial charge in [-0.25, -0.2) is 4.79 Å². The van der Waals surface area contributed by atoms with Gasteiger partial charge in [0.1, 0.15) is 31.3 Å². The van der Waals surface area contributed by atoms with Crippen LogP contribution in [0.25, 0.3) is 11.1 Å². The normalized spacial score (nSPS) is 17.0. The molecule has 2 aliphatic rings. The van der Waals surface area contributed by atoms with E-state index in [0.717, 1.165) is 22.3 Å². The van der Waals surface area contributed by atoms with Crippen molar-refractivity contribution < 1.29 is 48.8 Å². The first kappa shape index (κ1) is 42.2. The molecule has 0 radical (unpaired) electrons. The number of nitrogens with one attached hydrogen (secondary N) is 2. The van der Waals surface area contributed by atoms with E-state index in [0.29, 0.717) is 19.3 Å². The van der Waals surface area contributed by atoms with E-state index in [1.807, 2.05) is 76.2 Å². The van der Waals surface area contributed by atoms with E-state index in [2.05, 4.69) is 10.6 Å². The molecule has 3 amide bonds. The summed E-state index contributed by atoms with van der Waals surface area (Å²) in [6, 6.07) is 13.4. The van der Waals surface area contributed by atoms with Crippen LogP contribution in [0.4, 0.5) is 4.79 Å². The third-order valence-electron chi connectivity index (χ3n) is 10.3. The number of carbonyl (C=O) groups excluding carboxylic acids is 4. The molecule has 14 heteroatoms. The van der Waals surface area contributed by atoms with Gasteiger partial charge in [0.25, 0.3) is 0 Å². The Morgan fingerprint density at radius 1 is 0.907 bits per heavy atom. The number of aliphatic hydroxyl groups is 2. The Morgan fingerprint density at radius 2 is 1.54 bits per heavy atom. The molecule has 5 N–H and O–H groups in total. The van der Waals surface area contributed by atoms with Gasteiger partial charge in [-0.3, -0.25) is 24.1 Å². The average molecular weight is 753 g/mol. The Morgan fingerprint density at radius 3 is 2.07 bits per heavy atom. The molecule has 296 valence electrons. The Labute approximate surface area is 317 Å². The number of rotatable bonds is 19. The summed E-state index contributed by atoms with van der Waals surface area (Å²) in [7, 11) is 0. The average Bonchev–Trinajstić information content (AvgIpc) is 3.45. The summed E-state index contributed by atoms with van der Waals surface area (Å²) in [6.07, 6.45) is -2.61. The molecular weight excluding hydrogens is 696 g/mol. The molecule has 0 saturated carbocycles. The molecule has 5 atom stereocenters. The van der Waals surface area contributed by atoms with Gasteiger partial charge >= 0.3 is 18.0 Å². The molecule has 54 heavy (non-hydrogen) atoms. The van der Waals surface area contributed by atoms with Crippen molar-refractivity contribution in [1.82, 2.24) is 20.4 Å². The number of piperazine rings is 1. The van der Waals surface area contributed by atoms with Gasteiger partial charge in [0.05, 0.1) is 6.42 Å². The molecule has 0 bridgehead atoms. The summed E-state index contributed by atoms with van der Waals surface area (Å²) in [5.41, 5.74) is 4.31. The second-order valence-corrected chi connectivity index (χ2v) is 14.7. The molecular formula is C40H56N4O10. The van der Waals surface area contributed by atoms with Crippen LogP contribution in [-0.4, -0.2) is 118 Å². The number of benzene rings is 2. The van der Waals surface area contributed by atoms with Crippen LogP contribution in [0.5, 0.6) is 0 Å². The molecule has 0 aromatic heterocycles. The molecule has 2 aromatic rings. The fourth-order valence-electron chi connectivity index (χ4n) is 7.22. The predicted octanol–water partition coefficient (Wildman–Crippen LogP) is 3.48. The second-order valence-electron chi connectivity index (χ2n) is 14.7. The van der Waals surface area contributed by atoms with Crippen molar-refractivity contribution >= 4 is 29.8 Å². The van der Waals surface area contributed by atoms with Gasteiger partial charge in [-0.1, -0.05) is 89.6 Å². The minimum Gasteiger partial charge on any atom is -0.481 e. The number of hydrogen-bond acceptors (Lipinski definition) is 10. The van der Waals surface area contributed by atoms with E-state index in [4.69, 9.17) is 9.47 Å². The van der Waals surface area contributed by atoms with Gasteiger partial charge < -0.3 is 40.3 Å². The summed E-state index contributed by atoms with van der Waals surface area (Å²) in [4.78, 5) is 67.6. The van der Waals surface area contributed by atoms with Crippen LogP contribution in [0.15, 0.2) is 48.5 Å². The fourth-order valence-corrected chi connectivity index (χ4v) is 7.22. The van der Waals surface area contributed by atoms with Gasteiger partial charge in [0, 0.05) is 38.0 Å². The minimum absolute atomic E-state index is 0.0300. The maximum Gasteiger partial charge on any atom is 0.410 e. The summed E-state index contributed by atoms with van der Waals surface area (Å²) in [5, 5.41) is 35.3. The van der Waals surface area contributed by atoms with Crippen LogP contribution in [0.3, 0.4) is 0 Å². The van der Waals surface area contributed by atoms with Crippen molar-refractivity contribution in [2.24, 2.45) is 11.8 Å². The monoisotopic (exact) mass is 752 g/mol. The van der Waals surface area contributed by atoms with Gasteiger partial charge in [-0.05, 0) is 46.9 Å². The number of carboxylic acid groups (broad SMARTS) is 1. The summed E-state index contributed by atoms with van der Waals surface area (Å²) in [5.74, 6) is -2.99. The molecule has 1 aliphatic heterocycles. The van der Waals surface area contributed by atoms with E-state index in [1.165, 1.54) is 9.80 Å². The van der Waals surface area contributed by atoms with Crippen LogP contribution in [0, 0.1) is 11.8 Å². The van der Waals surface area contributed by atoms with Crippen LogP contribution in [-0.2, 0) is 28.7 Å². The van der Waals surface area contributed by atoms with Crippen LogP contribution >= 0.6 is 0 Å². The highest BCUT2D eigenvalue weighted by atomic mass is 16.6. The number of nitrogens with zero attached hydrogens (tertiary/aromatic N) is 2. The van der Waals surface area contributed by atoms with Crippen molar-refractivity contribution in [3.05, 3.63) is 59.7 Å². The maximum atomic E-state index is 13.8. The van der Waals surface area contributed by atoms with Crippen molar-refractivity contribution in [2.75, 3.05) is 32.8 Å². The number of aliphatic carboxylic acids is 1. The van der Waals surface area contributed by atoms with Crippen molar-refractivity contribution in [1.29, 1.82) is 0 Å². The smallest absolute Gasteiger partial charge is 0.410 e. The van der Waals surface area contributed by atoms with Gasteiger partial charge in [0.2, 0.25) is 11.8 Å². The SMILES string of the molecule is CCC(CC(=O)O)OC(=O)[C@@H](NC[C@@H](CC(C)C)NC(=O)[C@H](CC(O)O)N1CCN(C(=O)OCC2c3ccccc3-c3ccccc32)CC1=O)C(C)CC. The Balaban J connectivity index is 1.39. The first-order valence-electron chi connectivity index (χ1n) is 18.9. The molecule has 14 nitrogen and oxygen atoms in total. The lowest BCUT2D eigenvalue weighted by atomic mass is 9.97. The van der Waals surface area contributed by atoms with E-state index in [-0.39, 0.29) is 57.0 Å². The Kier molecular flexibility index (Phi) is 15.4. The standard InChI is InChI=1S/C40H56N4O10/c1-6-25(5)37(39(51)54-27(7-2)19-35(46)47)41-21-26(18-24(3)4)42-38(50)33(20-36(48)49)44-17-16-43(22-34(44)45)40(52)53-23-32-30-14-10-8-12-28(30)29-13-9-11-15-31(29)32/h8-15,24-27,32-33,36-37,41,48-49H,6-7,16-23H2,1-5H3,(H,42,50)(H,46,47)/t25?,26-,27?,33+,37+/m1/s1. The van der Waals surface area contributed by atoms with E-state index >= 15 is 0 Å². The molecule has 1 saturated heterocycles. The van der Waals surface area contributed by atoms with Crippen LogP contribution in [0.1, 0.15) is 83.8 Å². The highest BCUT2D eigenvalue weighted by Gasteiger charge is 2.38. The van der Waals surface area contributed by atoms with Gasteiger partial charge in [0.15, 0.2) is 6.29 Å². The minimum atomic E-state index is -1.89. The zero-order chi connectivity index (χ0) is 39.5. The van der Waals surface area contributed by atoms with Crippen molar-refractivity contribution in [2.45, 2.75) is 103 Å². The zero-order valence-corrected chi connectivity index (χ0v) is 31.9. The third-order valence-corrected chi connectivity index (χ3v) is 10.3. The van der Waals surface area contributed by atoms with Gasteiger partial charge in [-0.2, -0.15) is 0 Å². The third kappa shape index (κ3) is 11.0. The molecule has 2 unspecified atom stereocenters. The highest BCUT2D eigenvalue weighted by Crippen LogP contribution is 2.44. The molecule has 0 spiro atoms. The molecule has 4 rings (SSSR count). The summed E-state index contributed by atoms with van der Waals surface area (Å²) < 4.78 is 11.3. The van der Waals surface area contributed by atoms with Crippen molar-refractivity contribution in [3.8, 4) is 11.1 Å². The molecule has 1 fully saturated rings. The lowest BCUT2D eigenvalue weighted by Gasteiger charge is -2.39. The number of amides is 3. The van der Waals surface area contributed by atoms with Crippen LogP contribution in [0.2, 0.25) is 0 Å². The summed E-state index contributed by atoms with van der Waals surface area (Å²) in [6.45, 7) is 9.42. The predicted molar refractivity (Wildman–Crippen MR) is 200 cm³/mol. The molecule has 1 heterocycles. The largest absolute Gasteiger partial charge is 0.481 e. The lowest BCUT2D eigenvalue weighted by Crippen LogP contribution is -2.61. The number of ether oxygens (including phenoxy) is 2. The maximum absolute atomic E-state index is 13.8. The fraction of sp³-hybridized carbons (Fsp3) is 0.575. The number of aliphatic hydroxyl groups excluding tert-OH is 1. The topological polar surface area (TPSA) is 195 Å². The first-order valence-corrected chi connectivity index (χ1v) is 18.9.